The van der Waals surface area contributed by atoms with E-state index in [1.165, 1.54) is 27.8 Å². The van der Waals surface area contributed by atoms with E-state index in [0.717, 1.165) is 0 Å². The van der Waals surface area contributed by atoms with Crippen molar-refractivity contribution in [2.75, 3.05) is 4.90 Å². The molecule has 0 atom stereocenters. The molecular formula is C34H29N. The Morgan fingerprint density at radius 1 is 0.229 bits per heavy atom. The van der Waals surface area contributed by atoms with Crippen molar-refractivity contribution < 1.29 is 0 Å². The van der Waals surface area contributed by atoms with Crippen LogP contribution < -0.4 is 4.90 Å². The van der Waals surface area contributed by atoms with Gasteiger partial charge in [0, 0.05) is 17.1 Å². The first-order valence-corrected chi connectivity index (χ1v) is 11.8. The molecule has 0 saturated heterocycles. The molecule has 0 fully saturated rings. The van der Waals surface area contributed by atoms with Crippen LogP contribution in [0.1, 0.15) is 0 Å². The summed E-state index contributed by atoms with van der Waals surface area (Å²) in [5.41, 5.74) is 3.50. The van der Waals surface area contributed by atoms with Gasteiger partial charge in [-0.3, -0.25) is 0 Å². The van der Waals surface area contributed by atoms with Crippen LogP contribution in [0.5, 0.6) is 0 Å². The number of hydrogen-bond donors (Lipinski definition) is 0. The predicted molar refractivity (Wildman–Crippen MR) is 152 cm³/mol. The summed E-state index contributed by atoms with van der Waals surface area (Å²) >= 11 is 0. The molecule has 0 aliphatic carbocycles. The summed E-state index contributed by atoms with van der Waals surface area (Å²) in [7, 11) is 0. The van der Waals surface area contributed by atoms with Gasteiger partial charge in [-0.2, -0.15) is 0 Å². The van der Waals surface area contributed by atoms with Crippen LogP contribution in [0.15, 0.2) is 176 Å². The third-order valence-corrected chi connectivity index (χ3v) is 5.37. The second-order valence-electron chi connectivity index (χ2n) is 7.84. The van der Waals surface area contributed by atoms with Gasteiger partial charge in [-0.15, -0.1) is 0 Å². The lowest BCUT2D eigenvalue weighted by atomic mass is 10.1. The first kappa shape index (κ1) is 23.5. The average Bonchev–Trinajstić information content (AvgIpc) is 2.97. The number of anilines is 3. The normalized spacial score (nSPS) is 9.71. The Morgan fingerprint density at radius 3 is 0.686 bits per heavy atom. The van der Waals surface area contributed by atoms with Crippen LogP contribution in [0.2, 0.25) is 0 Å². The van der Waals surface area contributed by atoms with Gasteiger partial charge in [-0.05, 0) is 47.2 Å². The second-order valence-corrected chi connectivity index (χ2v) is 7.84. The fraction of sp³-hybridized carbons (Fsp3) is 0. The Kier molecular flexibility index (Phi) is 8.86. The molecule has 1 heteroatoms. The maximum Gasteiger partial charge on any atom is 0.0461 e. The van der Waals surface area contributed by atoms with Crippen molar-refractivity contribution >= 4 is 27.8 Å². The molecule has 0 saturated carbocycles. The van der Waals surface area contributed by atoms with Gasteiger partial charge in [0.25, 0.3) is 0 Å². The zero-order valence-corrected chi connectivity index (χ0v) is 19.7. The molecule has 6 aromatic rings. The molecule has 0 aliphatic heterocycles. The van der Waals surface area contributed by atoms with Crippen LogP contribution in [0.3, 0.4) is 0 Å². The Hall–Kier alpha value is -4.62. The zero-order chi connectivity index (χ0) is 24.0. The third-order valence-electron chi connectivity index (χ3n) is 5.37. The monoisotopic (exact) mass is 451 g/mol. The Balaban J connectivity index is 0.000000149. The highest BCUT2D eigenvalue weighted by molar-refractivity contribution is 5.82. The van der Waals surface area contributed by atoms with Crippen molar-refractivity contribution in [2.24, 2.45) is 0 Å². The van der Waals surface area contributed by atoms with Crippen molar-refractivity contribution in [3.8, 4) is 0 Å². The lowest BCUT2D eigenvalue weighted by Crippen LogP contribution is -2.09. The molecule has 0 unspecified atom stereocenters. The van der Waals surface area contributed by atoms with E-state index in [1.54, 1.807) is 0 Å². The number of nitrogens with zero attached hydrogens (tertiary/aromatic N) is 1. The quantitative estimate of drug-likeness (QED) is 0.259. The fourth-order valence-corrected chi connectivity index (χ4v) is 3.70. The molecule has 6 rings (SSSR count). The number of fused-ring (bicyclic) bond motifs is 1. The Bertz CT molecular complexity index is 1180. The lowest BCUT2D eigenvalue weighted by molar-refractivity contribution is 1.28. The second kappa shape index (κ2) is 13.2. The molecule has 6 aromatic carbocycles. The van der Waals surface area contributed by atoms with Crippen LogP contribution in [0.25, 0.3) is 10.8 Å². The number of benzene rings is 6. The SMILES string of the molecule is c1ccc(N(c2ccccc2)c2ccccc2)cc1.c1ccc2ccccc2c1.c1ccccc1. The average molecular weight is 452 g/mol. The topological polar surface area (TPSA) is 3.24 Å². The van der Waals surface area contributed by atoms with Crippen molar-refractivity contribution in [2.45, 2.75) is 0 Å². The minimum Gasteiger partial charge on any atom is -0.311 e. The molecule has 0 aliphatic rings. The van der Waals surface area contributed by atoms with Crippen LogP contribution in [0, 0.1) is 0 Å². The van der Waals surface area contributed by atoms with Gasteiger partial charge in [0.2, 0.25) is 0 Å². The van der Waals surface area contributed by atoms with E-state index in [1.807, 2.05) is 54.6 Å². The minimum absolute atomic E-state index is 1.17. The summed E-state index contributed by atoms with van der Waals surface area (Å²) in [6, 6.07) is 60.0. The summed E-state index contributed by atoms with van der Waals surface area (Å²) in [4.78, 5) is 2.25. The first-order chi connectivity index (χ1) is 17.4. The summed E-state index contributed by atoms with van der Waals surface area (Å²) in [5.74, 6) is 0. The highest BCUT2D eigenvalue weighted by Crippen LogP contribution is 2.33. The fourth-order valence-electron chi connectivity index (χ4n) is 3.70. The standard InChI is InChI=1S/C18H15N.C10H8.C6H6/c1-4-10-16(11-5-1)19(17-12-6-2-7-13-17)18-14-8-3-9-15-18;1-2-6-10-8-4-3-7-9(10)5-1;1-2-4-6-5-3-1/h1-15H;1-8H;1-6H. The summed E-state index contributed by atoms with van der Waals surface area (Å²) < 4.78 is 0. The minimum atomic E-state index is 1.17. The zero-order valence-electron chi connectivity index (χ0n) is 19.7. The molecule has 0 bridgehead atoms. The first-order valence-electron chi connectivity index (χ1n) is 11.8. The van der Waals surface area contributed by atoms with Crippen LogP contribution in [-0.2, 0) is 0 Å². The Labute approximate surface area is 208 Å². The molecule has 0 radical (unpaired) electrons. The number of rotatable bonds is 3. The smallest absolute Gasteiger partial charge is 0.0461 e. The molecule has 0 spiro atoms. The number of hydrogen-bond acceptors (Lipinski definition) is 1. The molecule has 35 heavy (non-hydrogen) atoms. The summed E-state index contributed by atoms with van der Waals surface area (Å²) in [6.07, 6.45) is 0. The van der Waals surface area contributed by atoms with Crippen molar-refractivity contribution in [3.05, 3.63) is 176 Å². The van der Waals surface area contributed by atoms with Gasteiger partial charge >= 0.3 is 0 Å². The van der Waals surface area contributed by atoms with Gasteiger partial charge in [0.05, 0.1) is 0 Å². The lowest BCUT2D eigenvalue weighted by Gasteiger charge is -2.25. The highest BCUT2D eigenvalue weighted by Gasteiger charge is 2.10. The van der Waals surface area contributed by atoms with E-state index in [2.05, 4.69) is 126 Å². The molecule has 0 N–H and O–H groups in total. The van der Waals surface area contributed by atoms with Gasteiger partial charge in [0.15, 0.2) is 0 Å². The van der Waals surface area contributed by atoms with E-state index >= 15 is 0 Å². The van der Waals surface area contributed by atoms with E-state index < -0.39 is 0 Å². The Morgan fingerprint density at radius 2 is 0.429 bits per heavy atom. The number of para-hydroxylation sites is 3. The molecule has 170 valence electrons. The van der Waals surface area contributed by atoms with Gasteiger partial charge in [-0.1, -0.05) is 140 Å². The predicted octanol–water partition coefficient (Wildman–Crippen LogP) is 9.68. The van der Waals surface area contributed by atoms with E-state index in [0.29, 0.717) is 0 Å². The van der Waals surface area contributed by atoms with Crippen LogP contribution in [0.4, 0.5) is 17.1 Å². The van der Waals surface area contributed by atoms with Crippen molar-refractivity contribution in [1.82, 2.24) is 0 Å². The maximum atomic E-state index is 2.25. The van der Waals surface area contributed by atoms with Gasteiger partial charge in [-0.25, -0.2) is 0 Å². The molecule has 0 amide bonds. The van der Waals surface area contributed by atoms with E-state index in [4.69, 9.17) is 0 Å². The van der Waals surface area contributed by atoms with Crippen molar-refractivity contribution in [1.29, 1.82) is 0 Å². The molecule has 0 heterocycles. The highest BCUT2D eigenvalue weighted by atomic mass is 15.1. The summed E-state index contributed by atoms with van der Waals surface area (Å²) in [6.45, 7) is 0. The van der Waals surface area contributed by atoms with E-state index in [9.17, 15) is 0 Å². The van der Waals surface area contributed by atoms with Gasteiger partial charge < -0.3 is 4.90 Å². The van der Waals surface area contributed by atoms with Crippen LogP contribution >= 0.6 is 0 Å². The van der Waals surface area contributed by atoms with Crippen molar-refractivity contribution in [3.63, 3.8) is 0 Å². The molecular weight excluding hydrogens is 422 g/mol. The van der Waals surface area contributed by atoms with Gasteiger partial charge in [0.1, 0.15) is 0 Å². The molecule has 1 nitrogen and oxygen atoms in total. The van der Waals surface area contributed by atoms with Crippen LogP contribution in [-0.4, -0.2) is 0 Å². The molecule has 0 aromatic heterocycles. The third kappa shape index (κ3) is 7.18. The van der Waals surface area contributed by atoms with E-state index in [-0.39, 0.29) is 0 Å². The maximum absolute atomic E-state index is 2.25. The summed E-state index contributed by atoms with van der Waals surface area (Å²) in [5, 5.41) is 2.62. The largest absolute Gasteiger partial charge is 0.311 e.